The highest BCUT2D eigenvalue weighted by Crippen LogP contribution is 2.14. The second kappa shape index (κ2) is 6.54. The average Bonchev–Trinajstić information content (AvgIpc) is 2.95. The number of phenolic OH excluding ortho intramolecular Hbond substituents is 1. The lowest BCUT2D eigenvalue weighted by atomic mass is 10.2. The lowest BCUT2D eigenvalue weighted by molar-refractivity contribution is 0.102. The van der Waals surface area contributed by atoms with E-state index in [-0.39, 0.29) is 11.7 Å². The highest BCUT2D eigenvalue weighted by molar-refractivity contribution is 6.30. The van der Waals surface area contributed by atoms with Gasteiger partial charge < -0.3 is 15.0 Å². The molecule has 5 nitrogen and oxygen atoms in total. The van der Waals surface area contributed by atoms with Crippen molar-refractivity contribution in [3.05, 3.63) is 77.2 Å². The van der Waals surface area contributed by atoms with Crippen molar-refractivity contribution in [1.82, 2.24) is 9.55 Å². The van der Waals surface area contributed by atoms with Gasteiger partial charge in [0.1, 0.15) is 5.75 Å². The van der Waals surface area contributed by atoms with Crippen LogP contribution in [0, 0.1) is 0 Å². The van der Waals surface area contributed by atoms with E-state index >= 15 is 0 Å². The van der Waals surface area contributed by atoms with E-state index in [0.717, 1.165) is 5.56 Å². The summed E-state index contributed by atoms with van der Waals surface area (Å²) in [6.07, 6.45) is 3.40. The smallest absolute Gasteiger partial charge is 0.256 e. The van der Waals surface area contributed by atoms with Crippen molar-refractivity contribution in [2.24, 2.45) is 0 Å². The molecule has 3 aromatic rings. The van der Waals surface area contributed by atoms with Crippen LogP contribution < -0.4 is 5.32 Å². The molecule has 0 aliphatic rings. The van der Waals surface area contributed by atoms with Crippen molar-refractivity contribution in [1.29, 1.82) is 0 Å². The summed E-state index contributed by atoms with van der Waals surface area (Å²) < 4.78 is 1.86. The summed E-state index contributed by atoms with van der Waals surface area (Å²) in [6, 6.07) is 13.6. The molecule has 2 aromatic carbocycles. The van der Waals surface area contributed by atoms with E-state index in [4.69, 9.17) is 11.6 Å². The van der Waals surface area contributed by atoms with E-state index < -0.39 is 0 Å². The van der Waals surface area contributed by atoms with Crippen LogP contribution in [0.2, 0.25) is 5.02 Å². The monoisotopic (exact) mass is 327 g/mol. The maximum Gasteiger partial charge on any atom is 0.256 e. The predicted molar refractivity (Wildman–Crippen MR) is 88.8 cm³/mol. The first-order valence-electron chi connectivity index (χ1n) is 6.97. The summed E-state index contributed by atoms with van der Waals surface area (Å²) in [6.45, 7) is 0.614. The van der Waals surface area contributed by atoms with Crippen molar-refractivity contribution in [3.8, 4) is 5.75 Å². The molecule has 0 saturated carbocycles. The molecule has 1 heterocycles. The predicted octanol–water partition coefficient (Wildman–Crippen LogP) is 3.54. The van der Waals surface area contributed by atoms with Gasteiger partial charge in [-0.25, -0.2) is 4.98 Å². The Balaban J connectivity index is 1.67. The first-order chi connectivity index (χ1) is 11.1. The number of hydrogen-bond acceptors (Lipinski definition) is 3. The first-order valence-corrected chi connectivity index (χ1v) is 7.34. The molecule has 0 fully saturated rings. The van der Waals surface area contributed by atoms with E-state index in [0.29, 0.717) is 22.9 Å². The number of nitrogens with zero attached hydrogens (tertiary/aromatic N) is 2. The third-order valence-electron chi connectivity index (χ3n) is 3.26. The zero-order valence-corrected chi connectivity index (χ0v) is 12.9. The van der Waals surface area contributed by atoms with Gasteiger partial charge in [0, 0.05) is 23.3 Å². The molecular weight excluding hydrogens is 314 g/mol. The quantitative estimate of drug-likeness (QED) is 0.770. The largest absolute Gasteiger partial charge is 0.508 e. The molecule has 0 aliphatic carbocycles. The van der Waals surface area contributed by atoms with Crippen molar-refractivity contribution in [2.45, 2.75) is 6.54 Å². The Kier molecular flexibility index (Phi) is 4.30. The fourth-order valence-corrected chi connectivity index (χ4v) is 2.37. The highest BCUT2D eigenvalue weighted by atomic mass is 35.5. The number of aromatic hydroxyl groups is 1. The summed E-state index contributed by atoms with van der Waals surface area (Å²) in [5, 5.41) is 12.6. The zero-order valence-electron chi connectivity index (χ0n) is 12.1. The van der Waals surface area contributed by atoms with Gasteiger partial charge >= 0.3 is 0 Å². The van der Waals surface area contributed by atoms with Crippen LogP contribution in [0.5, 0.6) is 5.75 Å². The maximum absolute atomic E-state index is 12.1. The number of carbonyl (C=O) groups is 1. The Labute approximate surface area is 138 Å². The van der Waals surface area contributed by atoms with E-state index in [1.54, 1.807) is 24.7 Å². The second-order valence-electron chi connectivity index (χ2n) is 5.06. The maximum atomic E-state index is 12.1. The molecule has 0 bridgehead atoms. The molecular formula is C17H14ClN3O2. The molecule has 23 heavy (non-hydrogen) atoms. The van der Waals surface area contributed by atoms with Gasteiger partial charge in [-0.05, 0) is 42.0 Å². The van der Waals surface area contributed by atoms with Crippen LogP contribution in [0.25, 0.3) is 0 Å². The van der Waals surface area contributed by atoms with Crippen LogP contribution in [0.4, 0.5) is 5.82 Å². The number of imidazole rings is 1. The van der Waals surface area contributed by atoms with Crippen LogP contribution in [0.3, 0.4) is 0 Å². The van der Waals surface area contributed by atoms with Crippen molar-refractivity contribution < 1.29 is 9.90 Å². The molecule has 6 heteroatoms. The number of rotatable bonds is 4. The fourth-order valence-electron chi connectivity index (χ4n) is 2.16. The van der Waals surface area contributed by atoms with Gasteiger partial charge in [-0.3, -0.25) is 4.79 Å². The van der Waals surface area contributed by atoms with E-state index in [1.165, 1.54) is 12.1 Å². The van der Waals surface area contributed by atoms with E-state index in [2.05, 4.69) is 10.3 Å². The highest BCUT2D eigenvalue weighted by Gasteiger charge is 2.08. The molecule has 0 atom stereocenters. The summed E-state index contributed by atoms with van der Waals surface area (Å²) in [7, 11) is 0. The molecule has 0 radical (unpaired) electrons. The topological polar surface area (TPSA) is 67.2 Å². The molecule has 0 aliphatic heterocycles. The SMILES string of the molecule is O=C(Nc1cn(Cc2cccc(Cl)c2)cn1)c1ccc(O)cc1. The van der Waals surface area contributed by atoms with Gasteiger partial charge in [-0.2, -0.15) is 0 Å². The summed E-state index contributed by atoms with van der Waals surface area (Å²) in [5.74, 6) is 0.301. The summed E-state index contributed by atoms with van der Waals surface area (Å²) in [5.41, 5.74) is 1.50. The van der Waals surface area contributed by atoms with Gasteiger partial charge in [-0.1, -0.05) is 23.7 Å². The Morgan fingerprint density at radius 1 is 1.22 bits per heavy atom. The summed E-state index contributed by atoms with van der Waals surface area (Å²) >= 11 is 5.96. The molecule has 2 N–H and O–H groups in total. The lowest BCUT2D eigenvalue weighted by Gasteiger charge is -2.03. The van der Waals surface area contributed by atoms with Gasteiger partial charge in [0.2, 0.25) is 0 Å². The van der Waals surface area contributed by atoms with Gasteiger partial charge in [0.15, 0.2) is 5.82 Å². The first kappa shape index (κ1) is 15.1. The lowest BCUT2D eigenvalue weighted by Crippen LogP contribution is -2.11. The number of phenols is 1. The molecule has 116 valence electrons. The third-order valence-corrected chi connectivity index (χ3v) is 3.49. The van der Waals surface area contributed by atoms with Crippen LogP contribution >= 0.6 is 11.6 Å². The Bertz CT molecular complexity index is 828. The van der Waals surface area contributed by atoms with Gasteiger partial charge in [0.25, 0.3) is 5.91 Å². The molecule has 1 amide bonds. The molecule has 0 unspecified atom stereocenters. The molecule has 1 aromatic heterocycles. The summed E-state index contributed by atoms with van der Waals surface area (Å²) in [4.78, 5) is 16.2. The van der Waals surface area contributed by atoms with E-state index in [9.17, 15) is 9.90 Å². The number of carbonyl (C=O) groups excluding carboxylic acids is 1. The minimum absolute atomic E-state index is 0.118. The third kappa shape index (κ3) is 3.90. The number of benzene rings is 2. The minimum atomic E-state index is -0.280. The second-order valence-corrected chi connectivity index (χ2v) is 5.50. The molecule has 0 saturated heterocycles. The molecule has 0 spiro atoms. The number of amides is 1. The average molecular weight is 328 g/mol. The molecule has 3 rings (SSSR count). The van der Waals surface area contributed by atoms with Gasteiger partial charge in [-0.15, -0.1) is 0 Å². The van der Waals surface area contributed by atoms with Crippen LogP contribution in [0.15, 0.2) is 61.1 Å². The zero-order chi connectivity index (χ0) is 16.2. The standard InChI is InChI=1S/C17H14ClN3O2/c18-14-3-1-2-12(8-14)9-21-10-16(19-11-21)20-17(23)13-4-6-15(22)7-5-13/h1-8,10-11,22H,9H2,(H,20,23). The van der Waals surface area contributed by atoms with Crippen molar-refractivity contribution in [3.63, 3.8) is 0 Å². The van der Waals surface area contributed by atoms with E-state index in [1.807, 2.05) is 28.8 Å². The Hall–Kier alpha value is -2.79. The number of hydrogen-bond donors (Lipinski definition) is 2. The number of aromatic nitrogens is 2. The van der Waals surface area contributed by atoms with Gasteiger partial charge in [0.05, 0.1) is 6.33 Å². The van der Waals surface area contributed by atoms with Crippen LogP contribution in [-0.4, -0.2) is 20.6 Å². The Morgan fingerprint density at radius 2 is 2.00 bits per heavy atom. The Morgan fingerprint density at radius 3 is 2.74 bits per heavy atom. The van der Waals surface area contributed by atoms with Crippen LogP contribution in [-0.2, 0) is 6.54 Å². The normalized spacial score (nSPS) is 10.5. The van der Waals surface area contributed by atoms with Crippen molar-refractivity contribution in [2.75, 3.05) is 5.32 Å². The number of halogens is 1. The number of nitrogens with one attached hydrogen (secondary N) is 1. The van der Waals surface area contributed by atoms with Crippen LogP contribution in [0.1, 0.15) is 15.9 Å². The fraction of sp³-hybridized carbons (Fsp3) is 0.0588. The van der Waals surface area contributed by atoms with Crippen molar-refractivity contribution >= 4 is 23.3 Å². The number of anilines is 1. The minimum Gasteiger partial charge on any atom is -0.508 e.